The largest absolute Gasteiger partial charge is 0.482 e. The van der Waals surface area contributed by atoms with E-state index in [1.54, 1.807) is 12.1 Å². The van der Waals surface area contributed by atoms with Crippen LogP contribution in [0.5, 0.6) is 5.75 Å². The first-order valence-corrected chi connectivity index (χ1v) is 5.34. The first kappa shape index (κ1) is 11.1. The second-order valence-corrected chi connectivity index (χ2v) is 3.74. The van der Waals surface area contributed by atoms with Crippen LogP contribution in [0.1, 0.15) is 10.4 Å². The van der Waals surface area contributed by atoms with Crippen molar-refractivity contribution in [1.82, 2.24) is 20.6 Å². The maximum atomic E-state index is 11.9. The Morgan fingerprint density at radius 3 is 3.11 bits per heavy atom. The molecule has 3 rings (SSSR count). The molecule has 2 aromatic rings. The van der Waals surface area contributed by atoms with Gasteiger partial charge in [-0.1, -0.05) is 5.10 Å². The molecule has 2 heterocycles. The summed E-state index contributed by atoms with van der Waals surface area (Å²) in [5, 5.41) is 17.8. The zero-order valence-corrected chi connectivity index (χ0v) is 9.51. The molecule has 19 heavy (non-hydrogen) atoms. The second kappa shape index (κ2) is 4.37. The third-order valence-electron chi connectivity index (χ3n) is 2.45. The lowest BCUT2D eigenvalue weighted by Gasteiger charge is -2.18. The number of H-pyrrole nitrogens is 1. The minimum atomic E-state index is -0.413. The monoisotopic (exact) mass is 260 g/mol. The van der Waals surface area contributed by atoms with Gasteiger partial charge in [-0.3, -0.25) is 14.9 Å². The molecule has 1 aliphatic rings. The van der Waals surface area contributed by atoms with Crippen LogP contribution >= 0.6 is 0 Å². The number of anilines is 2. The molecule has 0 saturated heterocycles. The molecule has 0 fully saturated rings. The fourth-order valence-corrected chi connectivity index (χ4v) is 1.61. The molecule has 2 amide bonds. The lowest BCUT2D eigenvalue weighted by atomic mass is 10.1. The van der Waals surface area contributed by atoms with Crippen molar-refractivity contribution in [2.45, 2.75) is 0 Å². The number of fused-ring (bicyclic) bond motifs is 1. The van der Waals surface area contributed by atoms with Crippen LogP contribution < -0.4 is 15.4 Å². The minimum absolute atomic E-state index is 0.0264. The van der Waals surface area contributed by atoms with Crippen molar-refractivity contribution in [2.75, 3.05) is 17.2 Å². The average Bonchev–Trinajstić information content (AvgIpc) is 2.90. The molecular weight excluding hydrogens is 252 g/mol. The van der Waals surface area contributed by atoms with Crippen molar-refractivity contribution >= 4 is 23.5 Å². The van der Waals surface area contributed by atoms with Crippen molar-refractivity contribution < 1.29 is 14.3 Å². The number of hydrogen-bond acceptors (Lipinski definition) is 6. The predicted octanol–water partition coefficient (Wildman–Crippen LogP) is -0.217. The van der Waals surface area contributed by atoms with E-state index in [2.05, 4.69) is 31.3 Å². The van der Waals surface area contributed by atoms with Gasteiger partial charge in [0.2, 0.25) is 0 Å². The zero-order chi connectivity index (χ0) is 13.2. The molecule has 0 aliphatic carbocycles. The molecule has 0 radical (unpaired) electrons. The summed E-state index contributed by atoms with van der Waals surface area (Å²) in [5.41, 5.74) is 0.798. The number of aromatic amines is 1. The molecule has 1 aromatic heterocycles. The lowest BCUT2D eigenvalue weighted by Crippen LogP contribution is -2.25. The highest BCUT2D eigenvalue weighted by atomic mass is 16.5. The SMILES string of the molecule is O=C1COc2ccc(C(=O)Nc3nn[nH]n3)cc2N1. The Labute approximate surface area is 106 Å². The van der Waals surface area contributed by atoms with Crippen molar-refractivity contribution in [2.24, 2.45) is 0 Å². The lowest BCUT2D eigenvalue weighted by molar-refractivity contribution is -0.118. The number of rotatable bonds is 2. The normalized spacial score (nSPS) is 13.2. The molecule has 9 nitrogen and oxygen atoms in total. The Morgan fingerprint density at radius 1 is 1.42 bits per heavy atom. The molecular formula is C10H8N6O3. The maximum absolute atomic E-state index is 11.9. The summed E-state index contributed by atoms with van der Waals surface area (Å²) in [5.74, 6) is -0.0778. The van der Waals surface area contributed by atoms with Crippen LogP contribution in [0.4, 0.5) is 11.6 Å². The van der Waals surface area contributed by atoms with Crippen molar-refractivity contribution in [3.8, 4) is 5.75 Å². The fraction of sp³-hybridized carbons (Fsp3) is 0.100. The van der Waals surface area contributed by atoms with E-state index in [1.807, 2.05) is 0 Å². The number of amides is 2. The summed E-state index contributed by atoms with van der Waals surface area (Å²) < 4.78 is 5.19. The van der Waals surface area contributed by atoms with E-state index in [9.17, 15) is 9.59 Å². The van der Waals surface area contributed by atoms with E-state index >= 15 is 0 Å². The Morgan fingerprint density at radius 2 is 2.32 bits per heavy atom. The second-order valence-electron chi connectivity index (χ2n) is 3.74. The standard InChI is InChI=1S/C10H8N6O3/c17-8-4-19-7-2-1-5(3-6(7)11-8)9(18)12-10-13-15-16-14-10/h1-3H,4H2,(H,11,17)(H2,12,13,14,15,16,18). The highest BCUT2D eigenvalue weighted by Gasteiger charge is 2.18. The van der Waals surface area contributed by atoms with Crippen molar-refractivity contribution in [3.05, 3.63) is 23.8 Å². The van der Waals surface area contributed by atoms with Gasteiger partial charge in [0.15, 0.2) is 6.61 Å². The van der Waals surface area contributed by atoms with Gasteiger partial charge in [0.25, 0.3) is 17.8 Å². The Hall–Kier alpha value is -2.97. The van der Waals surface area contributed by atoms with Crippen LogP contribution in [0, 0.1) is 0 Å². The van der Waals surface area contributed by atoms with E-state index in [0.717, 1.165) is 0 Å². The van der Waals surface area contributed by atoms with Gasteiger partial charge in [0.1, 0.15) is 5.75 Å². The first-order chi connectivity index (χ1) is 9.22. The van der Waals surface area contributed by atoms with Gasteiger partial charge < -0.3 is 10.1 Å². The molecule has 0 saturated carbocycles. The number of tetrazole rings is 1. The molecule has 0 spiro atoms. The number of nitrogens with one attached hydrogen (secondary N) is 3. The van der Waals surface area contributed by atoms with Crippen LogP contribution in [0.3, 0.4) is 0 Å². The van der Waals surface area contributed by atoms with Crippen LogP contribution in [-0.2, 0) is 4.79 Å². The maximum Gasteiger partial charge on any atom is 0.270 e. The summed E-state index contributed by atoms with van der Waals surface area (Å²) in [6.07, 6.45) is 0. The number of benzene rings is 1. The van der Waals surface area contributed by atoms with Crippen molar-refractivity contribution in [3.63, 3.8) is 0 Å². The number of aromatic nitrogens is 4. The fourth-order valence-electron chi connectivity index (χ4n) is 1.61. The summed E-state index contributed by atoms with van der Waals surface area (Å²) in [4.78, 5) is 23.1. The summed E-state index contributed by atoms with van der Waals surface area (Å²) in [7, 11) is 0. The summed E-state index contributed by atoms with van der Waals surface area (Å²) in [6.45, 7) is -0.0264. The van der Waals surface area contributed by atoms with E-state index in [0.29, 0.717) is 17.0 Å². The number of carbonyl (C=O) groups excluding carboxylic acids is 2. The number of ether oxygens (including phenoxy) is 1. The molecule has 96 valence electrons. The average molecular weight is 260 g/mol. The third kappa shape index (κ3) is 2.20. The van der Waals surface area contributed by atoms with E-state index in [-0.39, 0.29) is 18.5 Å². The van der Waals surface area contributed by atoms with Gasteiger partial charge in [0, 0.05) is 5.56 Å². The number of carbonyl (C=O) groups is 2. The molecule has 3 N–H and O–H groups in total. The van der Waals surface area contributed by atoms with Crippen LogP contribution in [-0.4, -0.2) is 39.0 Å². The molecule has 0 unspecified atom stereocenters. The summed E-state index contributed by atoms with van der Waals surface area (Å²) >= 11 is 0. The Bertz CT molecular complexity index is 639. The topological polar surface area (TPSA) is 122 Å². The van der Waals surface area contributed by atoms with E-state index < -0.39 is 5.91 Å². The predicted molar refractivity (Wildman–Crippen MR) is 62.7 cm³/mol. The van der Waals surface area contributed by atoms with Gasteiger partial charge in [-0.25, -0.2) is 0 Å². The van der Waals surface area contributed by atoms with Gasteiger partial charge in [-0.2, -0.15) is 5.21 Å². The Balaban J connectivity index is 1.83. The zero-order valence-electron chi connectivity index (χ0n) is 9.51. The van der Waals surface area contributed by atoms with Gasteiger partial charge in [0.05, 0.1) is 5.69 Å². The highest BCUT2D eigenvalue weighted by Crippen LogP contribution is 2.28. The van der Waals surface area contributed by atoms with Gasteiger partial charge in [-0.15, -0.1) is 5.10 Å². The number of hydrogen-bond donors (Lipinski definition) is 3. The van der Waals surface area contributed by atoms with Gasteiger partial charge in [-0.05, 0) is 23.4 Å². The molecule has 1 aromatic carbocycles. The molecule has 1 aliphatic heterocycles. The van der Waals surface area contributed by atoms with E-state index in [1.165, 1.54) is 6.07 Å². The minimum Gasteiger partial charge on any atom is -0.482 e. The third-order valence-corrected chi connectivity index (χ3v) is 2.45. The highest BCUT2D eigenvalue weighted by molar-refractivity contribution is 6.05. The molecule has 0 bridgehead atoms. The molecule has 0 atom stereocenters. The van der Waals surface area contributed by atoms with E-state index in [4.69, 9.17) is 4.74 Å². The summed E-state index contributed by atoms with van der Waals surface area (Å²) in [6, 6.07) is 4.70. The Kier molecular flexibility index (Phi) is 2.56. The molecule has 9 heteroatoms. The van der Waals surface area contributed by atoms with Crippen LogP contribution in [0.25, 0.3) is 0 Å². The van der Waals surface area contributed by atoms with Crippen LogP contribution in [0.2, 0.25) is 0 Å². The van der Waals surface area contributed by atoms with Crippen LogP contribution in [0.15, 0.2) is 18.2 Å². The first-order valence-electron chi connectivity index (χ1n) is 5.34. The smallest absolute Gasteiger partial charge is 0.270 e. The number of nitrogens with zero attached hydrogens (tertiary/aromatic N) is 3. The quantitative estimate of drug-likeness (QED) is 0.686. The van der Waals surface area contributed by atoms with Crippen molar-refractivity contribution in [1.29, 1.82) is 0 Å². The van der Waals surface area contributed by atoms with Gasteiger partial charge >= 0.3 is 0 Å².